The van der Waals surface area contributed by atoms with Crippen molar-refractivity contribution in [3.05, 3.63) is 34.1 Å². The van der Waals surface area contributed by atoms with Gasteiger partial charge < -0.3 is 5.32 Å². The molecule has 1 nitrogen and oxygen atoms in total. The van der Waals surface area contributed by atoms with Crippen molar-refractivity contribution in [3.8, 4) is 0 Å². The molecule has 0 unspecified atom stereocenters. The van der Waals surface area contributed by atoms with E-state index in [1.54, 1.807) is 7.05 Å². The van der Waals surface area contributed by atoms with Crippen LogP contribution in [0.3, 0.4) is 0 Å². The van der Waals surface area contributed by atoms with E-state index in [0.29, 0.717) is 0 Å². The van der Waals surface area contributed by atoms with E-state index in [1.807, 2.05) is 25.1 Å². The summed E-state index contributed by atoms with van der Waals surface area (Å²) >= 11 is 5.73. The van der Waals surface area contributed by atoms with E-state index in [4.69, 9.17) is 11.6 Å². The molecule has 1 rings (SSSR count). The fourth-order valence-electron chi connectivity index (χ4n) is 0.870. The van der Waals surface area contributed by atoms with E-state index in [1.165, 1.54) is 0 Å². The Bertz CT molecular complexity index is 233. The third-order valence-electron chi connectivity index (χ3n) is 1.40. The molecule has 0 spiro atoms. The normalized spacial score (nSPS) is 9.50. The van der Waals surface area contributed by atoms with Crippen LogP contribution in [0.15, 0.2) is 18.2 Å². The first kappa shape index (κ1) is 7.42. The van der Waals surface area contributed by atoms with Crippen molar-refractivity contribution in [2.24, 2.45) is 0 Å². The molecular weight excluding hydrogens is 146 g/mol. The standard InChI is InChI=1S/C8H9ClN/c1-6-5-7(9)3-4-8(6)10-2/h3-5H,1-2H3/q-1. The fourth-order valence-corrected chi connectivity index (χ4v) is 1.10. The highest BCUT2D eigenvalue weighted by Gasteiger charge is 1.87. The number of hydrogen-bond acceptors (Lipinski definition) is 0. The molecule has 0 aliphatic carbocycles. The third-order valence-corrected chi connectivity index (χ3v) is 1.63. The molecule has 10 heavy (non-hydrogen) atoms. The Kier molecular flexibility index (Phi) is 2.17. The molecule has 0 aromatic heterocycles. The van der Waals surface area contributed by atoms with E-state index >= 15 is 0 Å². The highest BCUT2D eigenvalue weighted by molar-refractivity contribution is 6.30. The smallest absolute Gasteiger partial charge is 0.0407 e. The lowest BCUT2D eigenvalue weighted by atomic mass is 10.2. The van der Waals surface area contributed by atoms with E-state index in [2.05, 4.69) is 5.32 Å². The van der Waals surface area contributed by atoms with Crippen LogP contribution in [0.4, 0.5) is 5.69 Å². The van der Waals surface area contributed by atoms with Gasteiger partial charge in [-0.05, 0) is 19.1 Å². The van der Waals surface area contributed by atoms with Gasteiger partial charge in [-0.2, -0.15) is 0 Å². The minimum Gasteiger partial charge on any atom is -0.687 e. The molecule has 0 amide bonds. The van der Waals surface area contributed by atoms with Gasteiger partial charge in [-0.15, -0.1) is 12.7 Å². The lowest BCUT2D eigenvalue weighted by molar-refractivity contribution is 1.45. The largest absolute Gasteiger partial charge is 0.687 e. The Balaban J connectivity index is 3.07. The van der Waals surface area contributed by atoms with E-state index in [9.17, 15) is 0 Å². The molecule has 0 atom stereocenters. The Morgan fingerprint density at radius 3 is 2.60 bits per heavy atom. The molecule has 0 N–H and O–H groups in total. The van der Waals surface area contributed by atoms with Gasteiger partial charge in [0.25, 0.3) is 0 Å². The van der Waals surface area contributed by atoms with Gasteiger partial charge in [-0.3, -0.25) is 0 Å². The maximum atomic E-state index is 5.73. The van der Waals surface area contributed by atoms with Gasteiger partial charge in [-0.25, -0.2) is 0 Å². The van der Waals surface area contributed by atoms with Gasteiger partial charge in [0, 0.05) is 5.02 Å². The van der Waals surface area contributed by atoms with Gasteiger partial charge in [-0.1, -0.05) is 23.2 Å². The second kappa shape index (κ2) is 2.93. The van der Waals surface area contributed by atoms with Gasteiger partial charge in [0.1, 0.15) is 0 Å². The maximum Gasteiger partial charge on any atom is 0.0407 e. The molecule has 0 saturated carbocycles. The fraction of sp³-hybridized carbons (Fsp3) is 0.250. The number of benzene rings is 1. The van der Waals surface area contributed by atoms with Crippen LogP contribution in [0.1, 0.15) is 5.56 Å². The van der Waals surface area contributed by atoms with Crippen LogP contribution in [-0.4, -0.2) is 7.05 Å². The molecular formula is C8H9ClN-. The molecule has 0 radical (unpaired) electrons. The first-order valence-corrected chi connectivity index (χ1v) is 3.48. The van der Waals surface area contributed by atoms with Crippen LogP contribution >= 0.6 is 11.6 Å². The minimum atomic E-state index is 0.768. The predicted octanol–water partition coefficient (Wildman–Crippen LogP) is 3.28. The molecule has 0 fully saturated rings. The van der Waals surface area contributed by atoms with E-state index < -0.39 is 0 Å². The summed E-state index contributed by atoms with van der Waals surface area (Å²) in [6.07, 6.45) is 0. The summed E-state index contributed by atoms with van der Waals surface area (Å²) in [6, 6.07) is 5.67. The highest BCUT2D eigenvalue weighted by Crippen LogP contribution is 2.24. The molecule has 1 aromatic rings. The Morgan fingerprint density at radius 2 is 2.10 bits per heavy atom. The van der Waals surface area contributed by atoms with Crippen molar-refractivity contribution in [1.82, 2.24) is 0 Å². The minimum absolute atomic E-state index is 0.768. The first-order chi connectivity index (χ1) is 4.74. The van der Waals surface area contributed by atoms with E-state index in [-0.39, 0.29) is 0 Å². The topological polar surface area (TPSA) is 14.1 Å². The molecule has 0 heterocycles. The highest BCUT2D eigenvalue weighted by atomic mass is 35.5. The average molecular weight is 155 g/mol. The van der Waals surface area contributed by atoms with Crippen LogP contribution in [0.5, 0.6) is 0 Å². The van der Waals surface area contributed by atoms with E-state index in [0.717, 1.165) is 16.3 Å². The monoisotopic (exact) mass is 154 g/mol. The van der Waals surface area contributed by atoms with Gasteiger partial charge in [0.15, 0.2) is 0 Å². The summed E-state index contributed by atoms with van der Waals surface area (Å²) in [7, 11) is 1.77. The number of aryl methyl sites for hydroxylation is 1. The Hall–Kier alpha value is -0.690. The van der Waals surface area contributed by atoms with Gasteiger partial charge >= 0.3 is 0 Å². The van der Waals surface area contributed by atoms with Crippen LogP contribution in [0.2, 0.25) is 5.02 Å². The average Bonchev–Trinajstić information content (AvgIpc) is 1.88. The third kappa shape index (κ3) is 1.42. The first-order valence-electron chi connectivity index (χ1n) is 3.10. The molecule has 1 aromatic carbocycles. The lowest BCUT2D eigenvalue weighted by Gasteiger charge is -2.16. The maximum absolute atomic E-state index is 5.73. The molecule has 0 saturated heterocycles. The van der Waals surface area contributed by atoms with Crippen molar-refractivity contribution in [2.45, 2.75) is 6.92 Å². The summed E-state index contributed by atoms with van der Waals surface area (Å²) in [5.74, 6) is 0. The zero-order chi connectivity index (χ0) is 7.56. The zero-order valence-electron chi connectivity index (χ0n) is 6.06. The molecule has 0 bridgehead atoms. The number of rotatable bonds is 1. The summed E-state index contributed by atoms with van der Waals surface area (Å²) in [6.45, 7) is 1.99. The Labute approximate surface area is 66.0 Å². The quantitative estimate of drug-likeness (QED) is 0.590. The van der Waals surface area contributed by atoms with Crippen LogP contribution in [0, 0.1) is 6.92 Å². The van der Waals surface area contributed by atoms with Crippen LogP contribution in [-0.2, 0) is 0 Å². The van der Waals surface area contributed by atoms with Gasteiger partial charge in [0.05, 0.1) is 0 Å². The molecule has 0 aliphatic rings. The van der Waals surface area contributed by atoms with Crippen LogP contribution in [0.25, 0.3) is 5.32 Å². The zero-order valence-corrected chi connectivity index (χ0v) is 6.81. The second-order valence-electron chi connectivity index (χ2n) is 2.15. The number of nitrogens with zero attached hydrogens (tertiary/aromatic N) is 1. The summed E-state index contributed by atoms with van der Waals surface area (Å²) in [5.41, 5.74) is 2.12. The molecule has 54 valence electrons. The summed E-state index contributed by atoms with van der Waals surface area (Å²) in [5, 5.41) is 4.82. The lowest BCUT2D eigenvalue weighted by Crippen LogP contribution is -1.74. The second-order valence-corrected chi connectivity index (χ2v) is 2.59. The molecule has 2 heteroatoms. The van der Waals surface area contributed by atoms with Crippen molar-refractivity contribution >= 4 is 17.3 Å². The SMILES string of the molecule is C[N-]c1ccc(Cl)cc1C. The van der Waals surface area contributed by atoms with Crippen molar-refractivity contribution in [2.75, 3.05) is 7.05 Å². The van der Waals surface area contributed by atoms with Crippen molar-refractivity contribution in [1.29, 1.82) is 0 Å². The van der Waals surface area contributed by atoms with Crippen molar-refractivity contribution in [3.63, 3.8) is 0 Å². The molecule has 0 aliphatic heterocycles. The predicted molar refractivity (Wildman–Crippen MR) is 45.1 cm³/mol. The number of hydrogen-bond donors (Lipinski definition) is 0. The van der Waals surface area contributed by atoms with Gasteiger partial charge in [0.2, 0.25) is 0 Å². The summed E-state index contributed by atoms with van der Waals surface area (Å²) < 4.78 is 0. The summed E-state index contributed by atoms with van der Waals surface area (Å²) in [4.78, 5) is 0. The van der Waals surface area contributed by atoms with Crippen molar-refractivity contribution < 1.29 is 0 Å². The van der Waals surface area contributed by atoms with Crippen LogP contribution < -0.4 is 0 Å². The number of halogens is 1. The Morgan fingerprint density at radius 1 is 1.40 bits per heavy atom.